The second-order valence-corrected chi connectivity index (χ2v) is 7.36. The van der Waals surface area contributed by atoms with Gasteiger partial charge in [-0.05, 0) is 43.3 Å². The summed E-state index contributed by atoms with van der Waals surface area (Å²) < 4.78 is 3.38. The van der Waals surface area contributed by atoms with Crippen molar-refractivity contribution in [1.29, 1.82) is 5.26 Å². The zero-order valence-corrected chi connectivity index (χ0v) is 17.4. The Kier molecular flexibility index (Phi) is 5.78. The van der Waals surface area contributed by atoms with Gasteiger partial charge >= 0.3 is 0 Å². The number of hydrogen-bond donors (Lipinski definition) is 1. The van der Waals surface area contributed by atoms with E-state index in [1.165, 1.54) is 0 Å². The molecule has 0 aliphatic carbocycles. The first-order valence-corrected chi connectivity index (χ1v) is 9.91. The first kappa shape index (κ1) is 20.3. The molecule has 0 saturated carbocycles. The molecule has 1 atom stereocenters. The van der Waals surface area contributed by atoms with Gasteiger partial charge in [0, 0.05) is 36.4 Å². The highest BCUT2D eigenvalue weighted by Gasteiger charge is 2.14. The fraction of sp³-hybridized carbons (Fsp3) is 0.136. The number of amides is 1. The fourth-order valence-electron chi connectivity index (χ4n) is 3.09. The van der Waals surface area contributed by atoms with Crippen molar-refractivity contribution in [2.75, 3.05) is 0 Å². The summed E-state index contributed by atoms with van der Waals surface area (Å²) >= 11 is 6.11. The van der Waals surface area contributed by atoms with Crippen LogP contribution in [0.2, 0.25) is 5.02 Å². The molecule has 3 heterocycles. The molecule has 4 rings (SSSR count). The number of carbonyl (C=O) groups is 1. The Morgan fingerprint density at radius 2 is 1.97 bits per heavy atom. The van der Waals surface area contributed by atoms with Gasteiger partial charge in [0.15, 0.2) is 5.69 Å². The maximum Gasteiger partial charge on any atom is 0.272 e. The summed E-state index contributed by atoms with van der Waals surface area (Å²) in [6.07, 6.45) is 6.91. The molecule has 1 unspecified atom stereocenters. The van der Waals surface area contributed by atoms with E-state index in [1.807, 2.05) is 37.4 Å². The highest BCUT2D eigenvalue weighted by Crippen LogP contribution is 2.24. The Balaban J connectivity index is 1.39. The van der Waals surface area contributed by atoms with Crippen molar-refractivity contribution in [3.05, 3.63) is 83.5 Å². The second kappa shape index (κ2) is 8.81. The van der Waals surface area contributed by atoms with Crippen molar-refractivity contribution >= 4 is 17.5 Å². The summed E-state index contributed by atoms with van der Waals surface area (Å²) in [5.74, 6) is -0.258. The van der Waals surface area contributed by atoms with Crippen LogP contribution in [0.4, 0.5) is 0 Å². The molecule has 0 aliphatic heterocycles. The van der Waals surface area contributed by atoms with Crippen LogP contribution >= 0.6 is 11.6 Å². The summed E-state index contributed by atoms with van der Waals surface area (Å²) in [6, 6.07) is 14.2. The molecule has 154 valence electrons. The van der Waals surface area contributed by atoms with Gasteiger partial charge in [-0.2, -0.15) is 15.5 Å². The standard InChI is InChI=1S/C22H18ClN7O/c1-15(26-22(31)21-7-11-30(28-21)18-4-8-25-9-5-18)14-29-10-6-20(27-29)16-2-3-17(13-24)19(23)12-16/h2-12,15H,14H2,1H3,(H,26,31). The molecule has 1 amide bonds. The van der Waals surface area contributed by atoms with E-state index in [4.69, 9.17) is 16.9 Å². The third-order valence-corrected chi connectivity index (χ3v) is 4.93. The van der Waals surface area contributed by atoms with Crippen molar-refractivity contribution in [2.45, 2.75) is 19.5 Å². The maximum absolute atomic E-state index is 12.5. The lowest BCUT2D eigenvalue weighted by Crippen LogP contribution is -2.36. The van der Waals surface area contributed by atoms with E-state index in [2.05, 4.69) is 20.5 Å². The van der Waals surface area contributed by atoms with E-state index in [0.29, 0.717) is 22.8 Å². The van der Waals surface area contributed by atoms with Crippen LogP contribution in [0.1, 0.15) is 23.0 Å². The normalized spacial score (nSPS) is 11.6. The van der Waals surface area contributed by atoms with Crippen LogP contribution in [0, 0.1) is 11.3 Å². The van der Waals surface area contributed by atoms with E-state index in [1.54, 1.807) is 52.2 Å². The molecule has 9 heteroatoms. The molecular formula is C22H18ClN7O. The predicted molar refractivity (Wildman–Crippen MR) is 116 cm³/mol. The zero-order chi connectivity index (χ0) is 21.8. The summed E-state index contributed by atoms with van der Waals surface area (Å²) in [5, 5.41) is 21.2. The number of nitrogens with zero attached hydrogens (tertiary/aromatic N) is 6. The average Bonchev–Trinajstić information content (AvgIpc) is 3.44. The van der Waals surface area contributed by atoms with Crippen LogP contribution in [-0.2, 0) is 6.54 Å². The van der Waals surface area contributed by atoms with E-state index in [0.717, 1.165) is 16.9 Å². The molecule has 0 spiro atoms. The molecular weight excluding hydrogens is 414 g/mol. The number of pyridine rings is 1. The van der Waals surface area contributed by atoms with Gasteiger partial charge in [0.2, 0.25) is 0 Å². The second-order valence-electron chi connectivity index (χ2n) is 6.95. The molecule has 8 nitrogen and oxygen atoms in total. The minimum Gasteiger partial charge on any atom is -0.346 e. The van der Waals surface area contributed by atoms with Gasteiger partial charge in [-0.25, -0.2) is 4.68 Å². The largest absolute Gasteiger partial charge is 0.346 e. The Labute approximate surface area is 183 Å². The molecule has 0 fully saturated rings. The van der Waals surface area contributed by atoms with Gasteiger partial charge in [-0.15, -0.1) is 0 Å². The number of halogens is 1. The monoisotopic (exact) mass is 431 g/mol. The number of hydrogen-bond acceptors (Lipinski definition) is 5. The van der Waals surface area contributed by atoms with E-state index < -0.39 is 0 Å². The highest BCUT2D eigenvalue weighted by molar-refractivity contribution is 6.32. The van der Waals surface area contributed by atoms with Gasteiger partial charge in [0.1, 0.15) is 6.07 Å². The smallest absolute Gasteiger partial charge is 0.272 e. The third kappa shape index (κ3) is 4.63. The lowest BCUT2D eigenvalue weighted by atomic mass is 10.1. The number of rotatable bonds is 6. The molecule has 31 heavy (non-hydrogen) atoms. The molecule has 0 radical (unpaired) electrons. The summed E-state index contributed by atoms with van der Waals surface area (Å²) in [5.41, 5.74) is 3.14. The average molecular weight is 432 g/mol. The summed E-state index contributed by atoms with van der Waals surface area (Å²) in [7, 11) is 0. The van der Waals surface area contributed by atoms with Crippen molar-refractivity contribution in [3.8, 4) is 23.0 Å². The van der Waals surface area contributed by atoms with Crippen LogP contribution in [0.3, 0.4) is 0 Å². The van der Waals surface area contributed by atoms with E-state index in [9.17, 15) is 4.79 Å². The van der Waals surface area contributed by atoms with Crippen molar-refractivity contribution in [1.82, 2.24) is 29.9 Å². The Hall–Kier alpha value is -3.96. The number of nitriles is 1. The van der Waals surface area contributed by atoms with E-state index >= 15 is 0 Å². The van der Waals surface area contributed by atoms with Gasteiger partial charge in [0.05, 0.1) is 28.5 Å². The van der Waals surface area contributed by atoms with Crippen molar-refractivity contribution < 1.29 is 4.79 Å². The van der Waals surface area contributed by atoms with Gasteiger partial charge in [-0.3, -0.25) is 14.5 Å². The molecule has 0 bridgehead atoms. The topological polar surface area (TPSA) is 101 Å². The van der Waals surface area contributed by atoms with Crippen LogP contribution in [0.5, 0.6) is 0 Å². The fourth-order valence-corrected chi connectivity index (χ4v) is 3.31. The molecule has 1 aromatic carbocycles. The Morgan fingerprint density at radius 1 is 1.16 bits per heavy atom. The van der Waals surface area contributed by atoms with Crippen LogP contribution in [0.25, 0.3) is 16.9 Å². The Bertz CT molecular complexity index is 1260. The van der Waals surface area contributed by atoms with Crippen LogP contribution in [0.15, 0.2) is 67.3 Å². The van der Waals surface area contributed by atoms with Gasteiger partial charge in [0.25, 0.3) is 5.91 Å². The van der Waals surface area contributed by atoms with Crippen LogP contribution < -0.4 is 5.32 Å². The number of benzene rings is 1. The molecule has 3 aromatic heterocycles. The highest BCUT2D eigenvalue weighted by atomic mass is 35.5. The van der Waals surface area contributed by atoms with Crippen molar-refractivity contribution in [2.24, 2.45) is 0 Å². The molecule has 4 aromatic rings. The first-order valence-electron chi connectivity index (χ1n) is 9.54. The molecule has 0 saturated heterocycles. The first-order chi connectivity index (χ1) is 15.0. The lowest BCUT2D eigenvalue weighted by Gasteiger charge is -2.13. The molecule has 0 aliphatic rings. The zero-order valence-electron chi connectivity index (χ0n) is 16.6. The number of nitrogens with one attached hydrogen (secondary N) is 1. The quantitative estimate of drug-likeness (QED) is 0.503. The summed E-state index contributed by atoms with van der Waals surface area (Å²) in [6.45, 7) is 2.39. The number of aromatic nitrogens is 5. The third-order valence-electron chi connectivity index (χ3n) is 4.61. The minimum atomic E-state index is -0.258. The van der Waals surface area contributed by atoms with Crippen LogP contribution in [-0.4, -0.2) is 36.5 Å². The van der Waals surface area contributed by atoms with Gasteiger partial charge < -0.3 is 5.32 Å². The van der Waals surface area contributed by atoms with E-state index in [-0.39, 0.29) is 11.9 Å². The maximum atomic E-state index is 12.5. The van der Waals surface area contributed by atoms with Crippen molar-refractivity contribution in [3.63, 3.8) is 0 Å². The van der Waals surface area contributed by atoms with Gasteiger partial charge in [-0.1, -0.05) is 17.7 Å². The SMILES string of the molecule is CC(Cn1ccc(-c2ccc(C#N)c(Cl)c2)n1)NC(=O)c1ccn(-c2ccncc2)n1. The Morgan fingerprint density at radius 3 is 2.71 bits per heavy atom. The lowest BCUT2D eigenvalue weighted by molar-refractivity contribution is 0.0930. The minimum absolute atomic E-state index is 0.170. The number of carbonyl (C=O) groups excluding carboxylic acids is 1. The molecule has 1 N–H and O–H groups in total. The summed E-state index contributed by atoms with van der Waals surface area (Å²) in [4.78, 5) is 16.5. The predicted octanol–water partition coefficient (Wildman–Crippen LogP) is 3.47.